The van der Waals surface area contributed by atoms with Crippen molar-refractivity contribution in [1.29, 1.82) is 0 Å². The van der Waals surface area contributed by atoms with Crippen LogP contribution in [-0.2, 0) is 25.8 Å². The van der Waals surface area contributed by atoms with Gasteiger partial charge in [-0.1, -0.05) is 30.3 Å². The minimum Gasteiger partial charge on any atom is -0.444 e. The fourth-order valence-corrected chi connectivity index (χ4v) is 4.39. The van der Waals surface area contributed by atoms with E-state index in [1.54, 1.807) is 20.8 Å². The Morgan fingerprint density at radius 2 is 1.88 bits per heavy atom. The lowest BCUT2D eigenvalue weighted by molar-refractivity contribution is -0.123. The Bertz CT molecular complexity index is 741. The summed E-state index contributed by atoms with van der Waals surface area (Å²) in [5.41, 5.74) is 0.194. The first-order valence-electron chi connectivity index (χ1n) is 8.58. The average molecular weight is 382 g/mol. The third kappa shape index (κ3) is 6.67. The molecule has 8 heteroatoms. The lowest BCUT2D eigenvalue weighted by atomic mass is 10.0. The smallest absolute Gasteiger partial charge is 0.408 e. The van der Waals surface area contributed by atoms with E-state index in [9.17, 15) is 18.0 Å². The molecule has 0 bridgehead atoms. The maximum absolute atomic E-state index is 12.6. The number of carbonyl (C=O) groups excluding carboxylic acids is 2. The summed E-state index contributed by atoms with van der Waals surface area (Å²) in [6, 6.07) is 8.00. The third-order valence-corrected chi connectivity index (χ3v) is 5.64. The molecule has 1 aromatic carbocycles. The third-order valence-electron chi connectivity index (χ3n) is 3.87. The molecular formula is C18H26N2O5S. The quantitative estimate of drug-likeness (QED) is 0.802. The van der Waals surface area contributed by atoms with E-state index in [1.165, 1.54) is 0 Å². The van der Waals surface area contributed by atoms with Crippen molar-refractivity contribution in [2.75, 3.05) is 11.5 Å². The number of sulfone groups is 1. The lowest BCUT2D eigenvalue weighted by Gasteiger charge is -2.24. The van der Waals surface area contributed by atoms with Crippen LogP contribution in [0, 0.1) is 0 Å². The first-order valence-corrected chi connectivity index (χ1v) is 10.4. The summed E-state index contributed by atoms with van der Waals surface area (Å²) >= 11 is 0. The number of alkyl carbamates (subject to hydrolysis) is 1. The van der Waals surface area contributed by atoms with Gasteiger partial charge in [0.25, 0.3) is 0 Å². The standard InChI is InChI=1S/C18H26N2O5S/c1-18(2,3)25-17(22)20-15(11-13-7-5-4-6-8-13)16(21)19-14-9-10-26(23,24)12-14/h4-8,14-15H,9-12H2,1-3H3,(H,19,21)(H,20,22)/t14-,15-/m0/s1. The molecule has 2 rings (SSSR count). The van der Waals surface area contributed by atoms with Crippen molar-refractivity contribution in [2.45, 2.75) is 51.3 Å². The number of carbonyl (C=O) groups is 2. The summed E-state index contributed by atoms with van der Waals surface area (Å²) in [4.78, 5) is 24.7. The normalized spacial score (nSPS) is 20.2. The summed E-state index contributed by atoms with van der Waals surface area (Å²) in [6.45, 7) is 5.22. The van der Waals surface area contributed by atoms with Gasteiger partial charge < -0.3 is 15.4 Å². The van der Waals surface area contributed by atoms with Gasteiger partial charge in [-0.3, -0.25) is 4.79 Å². The number of rotatable bonds is 5. The molecular weight excluding hydrogens is 356 g/mol. The van der Waals surface area contributed by atoms with Gasteiger partial charge in [0.2, 0.25) is 5.91 Å². The van der Waals surface area contributed by atoms with Gasteiger partial charge in [0, 0.05) is 12.5 Å². The monoisotopic (exact) mass is 382 g/mol. The molecule has 0 aliphatic carbocycles. The number of benzene rings is 1. The number of amides is 2. The van der Waals surface area contributed by atoms with Crippen molar-refractivity contribution >= 4 is 21.8 Å². The topological polar surface area (TPSA) is 102 Å². The fourth-order valence-electron chi connectivity index (χ4n) is 2.72. The fraction of sp³-hybridized carbons (Fsp3) is 0.556. The zero-order valence-corrected chi connectivity index (χ0v) is 16.1. The highest BCUT2D eigenvalue weighted by Crippen LogP contribution is 2.13. The molecule has 1 aliphatic heterocycles. The number of hydrogen-bond donors (Lipinski definition) is 2. The van der Waals surface area contributed by atoms with Crippen LogP contribution < -0.4 is 10.6 Å². The molecule has 1 heterocycles. The summed E-state index contributed by atoms with van der Waals surface area (Å²) in [5, 5.41) is 5.33. The second kappa shape index (κ2) is 8.07. The molecule has 0 saturated carbocycles. The molecule has 2 N–H and O–H groups in total. The molecule has 2 atom stereocenters. The largest absolute Gasteiger partial charge is 0.444 e. The van der Waals surface area contributed by atoms with E-state index in [4.69, 9.17) is 4.74 Å². The van der Waals surface area contributed by atoms with Crippen LogP contribution in [0.25, 0.3) is 0 Å². The average Bonchev–Trinajstić information content (AvgIpc) is 2.84. The van der Waals surface area contributed by atoms with Gasteiger partial charge in [0.15, 0.2) is 9.84 Å². The van der Waals surface area contributed by atoms with Crippen molar-refractivity contribution in [2.24, 2.45) is 0 Å². The Balaban J connectivity index is 2.06. The second-order valence-electron chi connectivity index (χ2n) is 7.50. The van der Waals surface area contributed by atoms with Crippen LogP contribution in [-0.4, -0.2) is 49.6 Å². The molecule has 1 saturated heterocycles. The molecule has 1 aromatic rings. The zero-order valence-electron chi connectivity index (χ0n) is 15.3. The highest BCUT2D eigenvalue weighted by Gasteiger charge is 2.32. The van der Waals surface area contributed by atoms with E-state index in [0.717, 1.165) is 5.56 Å². The molecule has 0 aromatic heterocycles. The van der Waals surface area contributed by atoms with Crippen LogP contribution in [0.3, 0.4) is 0 Å². The van der Waals surface area contributed by atoms with Crippen LogP contribution in [0.15, 0.2) is 30.3 Å². The van der Waals surface area contributed by atoms with Gasteiger partial charge >= 0.3 is 6.09 Å². The highest BCUT2D eigenvalue weighted by molar-refractivity contribution is 7.91. The molecule has 26 heavy (non-hydrogen) atoms. The van der Waals surface area contributed by atoms with Crippen molar-refractivity contribution in [3.63, 3.8) is 0 Å². The Labute approximate surface area is 154 Å². The first-order chi connectivity index (χ1) is 12.0. The second-order valence-corrected chi connectivity index (χ2v) is 9.73. The van der Waals surface area contributed by atoms with Gasteiger partial charge in [0.05, 0.1) is 11.5 Å². The number of ether oxygens (including phenoxy) is 1. The molecule has 0 unspecified atom stereocenters. The van der Waals surface area contributed by atoms with Gasteiger partial charge in [-0.25, -0.2) is 13.2 Å². The lowest BCUT2D eigenvalue weighted by Crippen LogP contribution is -2.51. The molecule has 0 spiro atoms. The minimum absolute atomic E-state index is 0.0662. The maximum Gasteiger partial charge on any atom is 0.408 e. The van der Waals surface area contributed by atoms with E-state index < -0.39 is 39.5 Å². The van der Waals surface area contributed by atoms with E-state index in [0.29, 0.717) is 6.42 Å². The predicted octanol–water partition coefficient (Wildman–Crippen LogP) is 1.43. The summed E-state index contributed by atoms with van der Waals surface area (Å²) in [6.07, 6.45) is -0.0168. The Kier molecular flexibility index (Phi) is 6.28. The van der Waals surface area contributed by atoms with E-state index in [-0.39, 0.29) is 17.9 Å². The van der Waals surface area contributed by atoms with E-state index in [2.05, 4.69) is 10.6 Å². The van der Waals surface area contributed by atoms with Crippen LogP contribution in [0.1, 0.15) is 32.8 Å². The molecule has 7 nitrogen and oxygen atoms in total. The molecule has 2 amide bonds. The van der Waals surface area contributed by atoms with Crippen molar-refractivity contribution in [1.82, 2.24) is 10.6 Å². The van der Waals surface area contributed by atoms with Gasteiger partial charge in [-0.05, 0) is 32.8 Å². The molecule has 0 radical (unpaired) electrons. The van der Waals surface area contributed by atoms with Crippen molar-refractivity contribution < 1.29 is 22.7 Å². The minimum atomic E-state index is -3.10. The van der Waals surface area contributed by atoms with E-state index >= 15 is 0 Å². The van der Waals surface area contributed by atoms with Crippen LogP contribution in [0.2, 0.25) is 0 Å². The zero-order chi connectivity index (χ0) is 19.4. The summed E-state index contributed by atoms with van der Waals surface area (Å²) in [5.74, 6) is -0.411. The van der Waals surface area contributed by atoms with E-state index in [1.807, 2.05) is 30.3 Å². The Morgan fingerprint density at radius 3 is 2.42 bits per heavy atom. The van der Waals surface area contributed by atoms with Gasteiger partial charge in [-0.2, -0.15) is 0 Å². The number of nitrogens with one attached hydrogen (secondary N) is 2. The van der Waals surface area contributed by atoms with Gasteiger partial charge in [0.1, 0.15) is 11.6 Å². The highest BCUT2D eigenvalue weighted by atomic mass is 32.2. The van der Waals surface area contributed by atoms with Crippen LogP contribution >= 0.6 is 0 Å². The van der Waals surface area contributed by atoms with Crippen LogP contribution in [0.4, 0.5) is 4.79 Å². The first kappa shape index (κ1) is 20.2. The van der Waals surface area contributed by atoms with Crippen molar-refractivity contribution in [3.8, 4) is 0 Å². The number of hydrogen-bond acceptors (Lipinski definition) is 5. The SMILES string of the molecule is CC(C)(C)OC(=O)N[C@@H](Cc1ccccc1)C(=O)N[C@H]1CCS(=O)(=O)C1. The molecule has 144 valence electrons. The Morgan fingerprint density at radius 1 is 1.23 bits per heavy atom. The summed E-state index contributed by atoms with van der Waals surface area (Å²) < 4.78 is 28.4. The molecule has 1 aliphatic rings. The summed E-state index contributed by atoms with van der Waals surface area (Å²) in [7, 11) is -3.10. The maximum atomic E-state index is 12.6. The Hall–Kier alpha value is -2.09. The van der Waals surface area contributed by atoms with Crippen molar-refractivity contribution in [3.05, 3.63) is 35.9 Å². The molecule has 1 fully saturated rings. The van der Waals surface area contributed by atoms with Gasteiger partial charge in [-0.15, -0.1) is 0 Å². The van der Waals surface area contributed by atoms with Crippen LogP contribution in [0.5, 0.6) is 0 Å². The predicted molar refractivity (Wildman–Crippen MR) is 98.5 cm³/mol.